The molecule has 0 fully saturated rings. The van der Waals surface area contributed by atoms with Gasteiger partial charge in [-0.05, 0) is 42.0 Å². The zero-order valence-electron chi connectivity index (χ0n) is 11.6. The molecule has 2 aromatic rings. The molecule has 0 aliphatic rings. The molecule has 0 bridgehead atoms. The summed E-state index contributed by atoms with van der Waals surface area (Å²) in [6.07, 6.45) is 0.256. The summed E-state index contributed by atoms with van der Waals surface area (Å²) in [5.41, 5.74) is 7.76. The van der Waals surface area contributed by atoms with E-state index in [1.807, 2.05) is 0 Å². The van der Waals surface area contributed by atoms with E-state index in [0.717, 1.165) is 5.56 Å². The van der Waals surface area contributed by atoms with Crippen molar-refractivity contribution in [2.75, 3.05) is 17.7 Å². The van der Waals surface area contributed by atoms with E-state index in [9.17, 15) is 4.79 Å². The number of rotatable bonds is 6. The maximum Gasteiger partial charge on any atom is 0.227 e. The molecule has 0 aliphatic carbocycles. The number of aliphatic hydroxyl groups excluding tert-OH is 1. The van der Waals surface area contributed by atoms with Gasteiger partial charge >= 0.3 is 0 Å². The average Bonchev–Trinajstić information content (AvgIpc) is 2.50. The van der Waals surface area contributed by atoms with Gasteiger partial charge in [0, 0.05) is 11.4 Å². The maximum absolute atomic E-state index is 11.7. The minimum atomic E-state index is -0.119. The van der Waals surface area contributed by atoms with E-state index in [2.05, 4.69) is 5.32 Å². The number of aliphatic hydroxyl groups is 1. The molecular formula is C16H18N2O3. The fourth-order valence-corrected chi connectivity index (χ4v) is 1.74. The van der Waals surface area contributed by atoms with E-state index < -0.39 is 0 Å². The normalized spacial score (nSPS) is 10.1. The van der Waals surface area contributed by atoms with Gasteiger partial charge in [0.15, 0.2) is 0 Å². The molecule has 110 valence electrons. The molecule has 0 atom stereocenters. The predicted octanol–water partition coefficient (Wildman–Crippen LogP) is 2.17. The number of nitrogens with one attached hydrogen (secondary N) is 1. The Kier molecular flexibility index (Phi) is 5.17. The Bertz CT molecular complexity index is 579. The van der Waals surface area contributed by atoms with Gasteiger partial charge in [-0.3, -0.25) is 4.79 Å². The summed E-state index contributed by atoms with van der Waals surface area (Å²) in [6, 6.07) is 14.1. The van der Waals surface area contributed by atoms with Crippen molar-refractivity contribution in [1.82, 2.24) is 0 Å². The highest BCUT2D eigenvalue weighted by Crippen LogP contribution is 2.13. The molecule has 0 unspecified atom stereocenters. The lowest BCUT2D eigenvalue weighted by molar-refractivity contribution is -0.116. The Balaban J connectivity index is 1.74. The molecule has 4 N–H and O–H groups in total. The molecule has 2 aromatic carbocycles. The lowest BCUT2D eigenvalue weighted by Crippen LogP contribution is -2.15. The first-order valence-corrected chi connectivity index (χ1v) is 6.65. The zero-order chi connectivity index (χ0) is 15.1. The van der Waals surface area contributed by atoms with Gasteiger partial charge in [0.25, 0.3) is 0 Å². The Morgan fingerprint density at radius 1 is 1.10 bits per heavy atom. The minimum Gasteiger partial charge on any atom is -0.493 e. The first-order valence-electron chi connectivity index (χ1n) is 6.65. The van der Waals surface area contributed by atoms with Crippen LogP contribution in [0.3, 0.4) is 0 Å². The smallest absolute Gasteiger partial charge is 0.227 e. The number of amides is 1. The second-order valence-electron chi connectivity index (χ2n) is 4.57. The molecule has 5 nitrogen and oxygen atoms in total. The lowest BCUT2D eigenvalue weighted by Gasteiger charge is -2.08. The number of hydrogen-bond donors (Lipinski definition) is 3. The second-order valence-corrected chi connectivity index (χ2v) is 4.57. The van der Waals surface area contributed by atoms with Crippen LogP contribution in [-0.4, -0.2) is 17.6 Å². The number of carbonyl (C=O) groups is 1. The van der Waals surface area contributed by atoms with Crippen LogP contribution in [0.1, 0.15) is 12.0 Å². The van der Waals surface area contributed by atoms with Gasteiger partial charge in [-0.25, -0.2) is 0 Å². The molecule has 2 rings (SSSR count). The van der Waals surface area contributed by atoms with Gasteiger partial charge in [0.05, 0.1) is 19.6 Å². The van der Waals surface area contributed by atoms with Crippen LogP contribution < -0.4 is 15.8 Å². The van der Waals surface area contributed by atoms with Crippen LogP contribution in [-0.2, 0) is 11.4 Å². The number of ether oxygens (including phenoxy) is 1. The van der Waals surface area contributed by atoms with Gasteiger partial charge in [0.2, 0.25) is 5.91 Å². The summed E-state index contributed by atoms with van der Waals surface area (Å²) in [6.45, 7) is 0.295. The summed E-state index contributed by atoms with van der Waals surface area (Å²) in [4.78, 5) is 11.7. The van der Waals surface area contributed by atoms with Crippen LogP contribution in [0.25, 0.3) is 0 Å². The summed E-state index contributed by atoms with van der Waals surface area (Å²) >= 11 is 0. The fraction of sp³-hybridized carbons (Fsp3) is 0.188. The van der Waals surface area contributed by atoms with Crippen molar-refractivity contribution in [3.05, 3.63) is 54.1 Å². The quantitative estimate of drug-likeness (QED) is 0.710. The Morgan fingerprint density at radius 3 is 2.38 bits per heavy atom. The molecule has 0 radical (unpaired) electrons. The van der Waals surface area contributed by atoms with Crippen molar-refractivity contribution in [3.8, 4) is 5.75 Å². The zero-order valence-corrected chi connectivity index (χ0v) is 11.6. The van der Waals surface area contributed by atoms with Crippen LogP contribution in [0, 0.1) is 0 Å². The van der Waals surface area contributed by atoms with Crippen molar-refractivity contribution in [2.24, 2.45) is 0 Å². The van der Waals surface area contributed by atoms with Crippen LogP contribution >= 0.6 is 0 Å². The maximum atomic E-state index is 11.7. The van der Waals surface area contributed by atoms with Gasteiger partial charge in [-0.2, -0.15) is 0 Å². The van der Waals surface area contributed by atoms with Crippen LogP contribution in [0.2, 0.25) is 0 Å². The number of nitrogens with two attached hydrogens (primary N) is 1. The van der Waals surface area contributed by atoms with E-state index in [1.165, 1.54) is 0 Å². The molecule has 0 saturated heterocycles. The molecule has 0 saturated carbocycles. The van der Waals surface area contributed by atoms with E-state index in [4.69, 9.17) is 15.6 Å². The van der Waals surface area contributed by atoms with Gasteiger partial charge in [-0.15, -0.1) is 0 Å². The Labute approximate surface area is 123 Å². The average molecular weight is 286 g/mol. The van der Waals surface area contributed by atoms with Gasteiger partial charge < -0.3 is 20.9 Å². The van der Waals surface area contributed by atoms with Crippen molar-refractivity contribution in [3.63, 3.8) is 0 Å². The number of benzene rings is 2. The molecule has 0 aromatic heterocycles. The van der Waals surface area contributed by atoms with Crippen molar-refractivity contribution >= 4 is 17.3 Å². The van der Waals surface area contributed by atoms with Crippen molar-refractivity contribution in [2.45, 2.75) is 13.0 Å². The van der Waals surface area contributed by atoms with Crippen LogP contribution in [0.15, 0.2) is 48.5 Å². The number of hydrogen-bond acceptors (Lipinski definition) is 4. The minimum absolute atomic E-state index is 0.00424. The van der Waals surface area contributed by atoms with E-state index in [-0.39, 0.29) is 18.9 Å². The summed E-state index contributed by atoms with van der Waals surface area (Å²) in [5.74, 6) is 0.555. The third-order valence-corrected chi connectivity index (χ3v) is 2.90. The standard InChI is InChI=1S/C16H18N2O3/c17-13-3-5-14(6-4-13)18-16(20)9-10-21-15-7-1-12(11-19)2-8-15/h1-8,19H,9-11,17H2,(H,18,20). The molecule has 21 heavy (non-hydrogen) atoms. The molecular weight excluding hydrogens is 268 g/mol. The van der Waals surface area contributed by atoms with Gasteiger partial charge in [-0.1, -0.05) is 12.1 Å². The second kappa shape index (κ2) is 7.31. The highest BCUT2D eigenvalue weighted by atomic mass is 16.5. The Morgan fingerprint density at radius 2 is 1.76 bits per heavy atom. The largest absolute Gasteiger partial charge is 0.493 e. The predicted molar refractivity (Wildman–Crippen MR) is 82.0 cm³/mol. The van der Waals surface area contributed by atoms with Crippen LogP contribution in [0.5, 0.6) is 5.75 Å². The third kappa shape index (κ3) is 4.81. The monoisotopic (exact) mass is 286 g/mol. The van der Waals surface area contributed by atoms with Gasteiger partial charge in [0.1, 0.15) is 5.75 Å². The molecule has 1 amide bonds. The first-order chi connectivity index (χ1) is 10.2. The van der Waals surface area contributed by atoms with Crippen molar-refractivity contribution in [1.29, 1.82) is 0 Å². The summed E-state index contributed by atoms with van der Waals surface area (Å²) < 4.78 is 5.47. The molecule has 0 aliphatic heterocycles. The summed E-state index contributed by atoms with van der Waals surface area (Å²) in [5, 5.41) is 11.7. The first kappa shape index (κ1) is 14.9. The highest BCUT2D eigenvalue weighted by molar-refractivity contribution is 5.90. The van der Waals surface area contributed by atoms with E-state index in [1.54, 1.807) is 48.5 Å². The number of carbonyl (C=O) groups excluding carboxylic acids is 1. The fourth-order valence-electron chi connectivity index (χ4n) is 1.74. The molecule has 5 heteroatoms. The van der Waals surface area contributed by atoms with E-state index in [0.29, 0.717) is 23.7 Å². The number of nitrogen functional groups attached to an aromatic ring is 1. The van der Waals surface area contributed by atoms with Crippen molar-refractivity contribution < 1.29 is 14.6 Å². The van der Waals surface area contributed by atoms with E-state index >= 15 is 0 Å². The molecule has 0 heterocycles. The number of anilines is 2. The van der Waals surface area contributed by atoms with Crippen LogP contribution in [0.4, 0.5) is 11.4 Å². The molecule has 0 spiro atoms. The SMILES string of the molecule is Nc1ccc(NC(=O)CCOc2ccc(CO)cc2)cc1. The summed E-state index contributed by atoms with van der Waals surface area (Å²) in [7, 11) is 0. The highest BCUT2D eigenvalue weighted by Gasteiger charge is 2.03. The third-order valence-electron chi connectivity index (χ3n) is 2.90. The lowest BCUT2D eigenvalue weighted by atomic mass is 10.2. The Hall–Kier alpha value is -2.53. The topological polar surface area (TPSA) is 84.6 Å².